The van der Waals surface area contributed by atoms with Crippen LogP contribution in [-0.4, -0.2) is 10.2 Å². The van der Waals surface area contributed by atoms with Gasteiger partial charge in [-0.05, 0) is 24.5 Å². The maximum atomic E-state index is 9.71. The first-order valence-electron chi connectivity index (χ1n) is 7.25. The van der Waals surface area contributed by atoms with Gasteiger partial charge in [0, 0.05) is 28.7 Å². The molecule has 3 heteroatoms. The fourth-order valence-electron chi connectivity index (χ4n) is 3.40. The third-order valence-corrected chi connectivity index (χ3v) is 4.16. The molecule has 0 saturated carbocycles. The normalized spacial score (nSPS) is 15.2. The van der Waals surface area contributed by atoms with E-state index in [0.717, 1.165) is 17.5 Å². The summed E-state index contributed by atoms with van der Waals surface area (Å²) in [6.07, 6.45) is 0.964. The Bertz CT molecular complexity index is 637. The van der Waals surface area contributed by atoms with Crippen molar-refractivity contribution in [3.63, 3.8) is 0 Å². The molecule has 0 aromatic heterocycles. The van der Waals surface area contributed by atoms with E-state index >= 15 is 0 Å². The lowest BCUT2D eigenvalue weighted by Gasteiger charge is -2.38. The van der Waals surface area contributed by atoms with E-state index in [4.69, 9.17) is 4.74 Å². The smallest absolute Gasteiger partial charge is 0.135 e. The van der Waals surface area contributed by atoms with Gasteiger partial charge in [-0.1, -0.05) is 32.9 Å². The van der Waals surface area contributed by atoms with Crippen molar-refractivity contribution < 1.29 is 14.9 Å². The van der Waals surface area contributed by atoms with Gasteiger partial charge >= 0.3 is 0 Å². The first kappa shape index (κ1) is 13.8. The standard InChI is InChI=1S/C18H20O3/c1-11(2)10-18(3)14-6-4-12(19)8-16(14)21-17-9-13(20)5-7-15(17)18/h4-9,11,19-20H,10H2,1-3H3. The predicted molar refractivity (Wildman–Crippen MR) is 82.2 cm³/mol. The van der Waals surface area contributed by atoms with Gasteiger partial charge in [-0.15, -0.1) is 0 Å². The second-order valence-corrected chi connectivity index (χ2v) is 6.39. The second kappa shape index (κ2) is 4.69. The molecule has 3 nitrogen and oxygen atoms in total. The summed E-state index contributed by atoms with van der Waals surface area (Å²) in [6.45, 7) is 6.59. The molecule has 0 spiro atoms. The molecule has 0 atom stereocenters. The van der Waals surface area contributed by atoms with E-state index in [-0.39, 0.29) is 16.9 Å². The van der Waals surface area contributed by atoms with E-state index in [0.29, 0.717) is 17.4 Å². The molecule has 3 rings (SSSR count). The predicted octanol–water partition coefficient (Wildman–Crippen LogP) is 4.56. The number of aromatic hydroxyl groups is 2. The minimum atomic E-state index is -0.196. The van der Waals surface area contributed by atoms with Gasteiger partial charge in [0.05, 0.1) is 0 Å². The van der Waals surface area contributed by atoms with Crippen LogP contribution in [0.4, 0.5) is 0 Å². The van der Waals surface area contributed by atoms with Crippen LogP contribution in [0.2, 0.25) is 0 Å². The summed E-state index contributed by atoms with van der Waals surface area (Å²) in [5, 5.41) is 19.4. The van der Waals surface area contributed by atoms with Crippen molar-refractivity contribution >= 4 is 0 Å². The molecule has 0 bridgehead atoms. The molecule has 0 amide bonds. The fourth-order valence-corrected chi connectivity index (χ4v) is 3.40. The van der Waals surface area contributed by atoms with Crippen molar-refractivity contribution in [2.24, 2.45) is 5.92 Å². The van der Waals surface area contributed by atoms with Crippen molar-refractivity contribution in [1.82, 2.24) is 0 Å². The molecule has 110 valence electrons. The highest BCUT2D eigenvalue weighted by Gasteiger charge is 2.38. The number of phenolic OH excluding ortho intramolecular Hbond substituents is 2. The third-order valence-electron chi connectivity index (χ3n) is 4.16. The summed E-state index contributed by atoms with van der Waals surface area (Å²) in [6, 6.07) is 10.5. The van der Waals surface area contributed by atoms with E-state index in [1.54, 1.807) is 24.3 Å². The SMILES string of the molecule is CC(C)CC1(C)c2ccc(O)cc2Oc2cc(O)ccc21. The van der Waals surface area contributed by atoms with Crippen LogP contribution in [0.5, 0.6) is 23.0 Å². The van der Waals surface area contributed by atoms with Gasteiger partial charge in [-0.3, -0.25) is 0 Å². The highest BCUT2D eigenvalue weighted by atomic mass is 16.5. The van der Waals surface area contributed by atoms with Crippen molar-refractivity contribution in [3.05, 3.63) is 47.5 Å². The van der Waals surface area contributed by atoms with Crippen LogP contribution in [0.1, 0.15) is 38.3 Å². The number of ether oxygens (including phenoxy) is 1. The largest absolute Gasteiger partial charge is 0.508 e. The van der Waals surface area contributed by atoms with E-state index in [2.05, 4.69) is 20.8 Å². The number of phenols is 2. The average Bonchev–Trinajstić information content (AvgIpc) is 2.36. The molecule has 0 aliphatic carbocycles. The van der Waals surface area contributed by atoms with Gasteiger partial charge in [0.2, 0.25) is 0 Å². The number of hydrogen-bond acceptors (Lipinski definition) is 3. The van der Waals surface area contributed by atoms with E-state index in [1.165, 1.54) is 0 Å². The molecule has 21 heavy (non-hydrogen) atoms. The van der Waals surface area contributed by atoms with Gasteiger partial charge in [0.1, 0.15) is 23.0 Å². The Hall–Kier alpha value is -2.16. The van der Waals surface area contributed by atoms with Gasteiger partial charge in [-0.25, -0.2) is 0 Å². The van der Waals surface area contributed by atoms with Crippen molar-refractivity contribution in [2.75, 3.05) is 0 Å². The molecule has 0 fully saturated rings. The lowest BCUT2D eigenvalue weighted by molar-refractivity contribution is 0.356. The van der Waals surface area contributed by atoms with Gasteiger partial charge in [0.25, 0.3) is 0 Å². The monoisotopic (exact) mass is 284 g/mol. The summed E-state index contributed by atoms with van der Waals surface area (Å²) in [4.78, 5) is 0. The average molecular weight is 284 g/mol. The fraction of sp³-hybridized carbons (Fsp3) is 0.333. The Balaban J connectivity index is 2.23. The van der Waals surface area contributed by atoms with Crippen LogP contribution in [0, 0.1) is 5.92 Å². The van der Waals surface area contributed by atoms with Gasteiger partial charge < -0.3 is 14.9 Å². The Morgan fingerprint density at radius 2 is 1.43 bits per heavy atom. The van der Waals surface area contributed by atoms with E-state index in [1.807, 2.05) is 12.1 Å². The molecule has 2 aromatic carbocycles. The number of benzene rings is 2. The zero-order valence-electron chi connectivity index (χ0n) is 12.6. The first-order chi connectivity index (χ1) is 9.90. The number of rotatable bonds is 2. The highest BCUT2D eigenvalue weighted by molar-refractivity contribution is 5.59. The molecule has 2 N–H and O–H groups in total. The summed E-state index contributed by atoms with van der Waals surface area (Å²) >= 11 is 0. The second-order valence-electron chi connectivity index (χ2n) is 6.39. The quantitative estimate of drug-likeness (QED) is 0.850. The Morgan fingerprint density at radius 3 is 1.86 bits per heavy atom. The Labute approximate surface area is 124 Å². The van der Waals surface area contributed by atoms with Gasteiger partial charge in [-0.2, -0.15) is 0 Å². The molecule has 0 saturated heterocycles. The lowest BCUT2D eigenvalue weighted by Crippen LogP contribution is -2.29. The molecule has 1 aliphatic rings. The third kappa shape index (κ3) is 2.23. The number of fused-ring (bicyclic) bond motifs is 2. The Morgan fingerprint density at radius 1 is 0.952 bits per heavy atom. The van der Waals surface area contributed by atoms with Crippen molar-refractivity contribution in [2.45, 2.75) is 32.6 Å². The lowest BCUT2D eigenvalue weighted by atomic mass is 9.69. The summed E-state index contributed by atoms with van der Waals surface area (Å²) in [5.74, 6) is 2.21. The molecule has 2 aromatic rings. The maximum Gasteiger partial charge on any atom is 0.135 e. The summed E-state index contributed by atoms with van der Waals surface area (Å²) < 4.78 is 5.90. The van der Waals surface area contributed by atoms with Crippen molar-refractivity contribution in [3.8, 4) is 23.0 Å². The zero-order valence-corrected chi connectivity index (χ0v) is 12.6. The van der Waals surface area contributed by atoms with Crippen LogP contribution in [0.25, 0.3) is 0 Å². The van der Waals surface area contributed by atoms with Crippen LogP contribution >= 0.6 is 0 Å². The molecule has 0 radical (unpaired) electrons. The Kier molecular flexibility index (Phi) is 3.08. The van der Waals surface area contributed by atoms with E-state index < -0.39 is 0 Å². The molecular weight excluding hydrogens is 264 g/mol. The summed E-state index contributed by atoms with van der Waals surface area (Å²) in [5.41, 5.74) is 1.96. The van der Waals surface area contributed by atoms with Crippen molar-refractivity contribution in [1.29, 1.82) is 0 Å². The highest BCUT2D eigenvalue weighted by Crippen LogP contribution is 2.52. The maximum absolute atomic E-state index is 9.71. The number of hydrogen-bond donors (Lipinski definition) is 2. The topological polar surface area (TPSA) is 49.7 Å². The molecular formula is C18H20O3. The van der Waals surface area contributed by atoms with Crippen LogP contribution in [-0.2, 0) is 5.41 Å². The van der Waals surface area contributed by atoms with Gasteiger partial charge in [0.15, 0.2) is 0 Å². The molecule has 1 aliphatic heterocycles. The minimum absolute atomic E-state index is 0.184. The molecule has 0 unspecified atom stereocenters. The molecule has 1 heterocycles. The zero-order chi connectivity index (χ0) is 15.2. The van der Waals surface area contributed by atoms with E-state index in [9.17, 15) is 10.2 Å². The van der Waals surface area contributed by atoms with Crippen LogP contribution in [0.15, 0.2) is 36.4 Å². The minimum Gasteiger partial charge on any atom is -0.508 e. The summed E-state index contributed by atoms with van der Waals surface area (Å²) in [7, 11) is 0. The van der Waals surface area contributed by atoms with Crippen LogP contribution < -0.4 is 4.74 Å². The van der Waals surface area contributed by atoms with Crippen LogP contribution in [0.3, 0.4) is 0 Å². The first-order valence-corrected chi connectivity index (χ1v) is 7.25.